The van der Waals surface area contributed by atoms with Crippen LogP contribution in [0.1, 0.15) is 19.3 Å². The molecule has 0 aliphatic carbocycles. The zero-order valence-corrected chi connectivity index (χ0v) is 14.7. The SMILES string of the molecule is N[C@@H]1CCCCN(C(=O)C2=CN(c3ncnc4nc[nH]c34)CCS2)C1. The third-order valence-electron chi connectivity index (χ3n) is 4.54. The van der Waals surface area contributed by atoms with E-state index in [1.165, 1.54) is 6.33 Å². The van der Waals surface area contributed by atoms with E-state index in [0.717, 1.165) is 54.3 Å². The maximum atomic E-state index is 12.9. The highest BCUT2D eigenvalue weighted by molar-refractivity contribution is 8.04. The fourth-order valence-corrected chi connectivity index (χ4v) is 4.23. The predicted octanol–water partition coefficient (Wildman–Crippen LogP) is 1.09. The number of likely N-dealkylation sites (tertiary alicyclic amines) is 1. The number of aromatic amines is 1. The third kappa shape index (κ3) is 3.34. The van der Waals surface area contributed by atoms with Gasteiger partial charge in [0.1, 0.15) is 11.8 Å². The van der Waals surface area contributed by atoms with Crippen molar-refractivity contribution in [3.05, 3.63) is 23.8 Å². The van der Waals surface area contributed by atoms with Gasteiger partial charge in [0.15, 0.2) is 11.5 Å². The van der Waals surface area contributed by atoms with E-state index in [4.69, 9.17) is 5.73 Å². The van der Waals surface area contributed by atoms with E-state index in [-0.39, 0.29) is 11.9 Å². The molecule has 0 bridgehead atoms. The molecule has 1 fully saturated rings. The molecule has 4 heterocycles. The zero-order valence-electron chi connectivity index (χ0n) is 13.9. The van der Waals surface area contributed by atoms with Gasteiger partial charge in [-0.1, -0.05) is 6.42 Å². The number of nitrogens with two attached hydrogens (primary N) is 1. The fourth-order valence-electron chi connectivity index (χ4n) is 3.27. The lowest BCUT2D eigenvalue weighted by Gasteiger charge is -2.29. The van der Waals surface area contributed by atoms with Crippen molar-refractivity contribution >= 4 is 34.7 Å². The Bertz CT molecular complexity index is 805. The number of imidazole rings is 1. The van der Waals surface area contributed by atoms with Gasteiger partial charge in [-0.05, 0) is 12.8 Å². The van der Waals surface area contributed by atoms with E-state index >= 15 is 0 Å². The molecule has 2 aromatic heterocycles. The molecule has 8 nitrogen and oxygen atoms in total. The Kier molecular flexibility index (Phi) is 4.58. The van der Waals surface area contributed by atoms with Crippen LogP contribution in [-0.4, -0.2) is 62.2 Å². The van der Waals surface area contributed by atoms with Crippen molar-refractivity contribution in [3.63, 3.8) is 0 Å². The highest BCUT2D eigenvalue weighted by Gasteiger charge is 2.26. The van der Waals surface area contributed by atoms with Crippen LogP contribution in [0.5, 0.6) is 0 Å². The van der Waals surface area contributed by atoms with Gasteiger partial charge in [-0.15, -0.1) is 11.8 Å². The average molecular weight is 359 g/mol. The number of carbonyl (C=O) groups is 1. The number of thioether (sulfide) groups is 1. The van der Waals surface area contributed by atoms with Crippen molar-refractivity contribution < 1.29 is 4.79 Å². The normalized spacial score (nSPS) is 22.0. The van der Waals surface area contributed by atoms with Gasteiger partial charge in [-0.2, -0.15) is 0 Å². The lowest BCUT2D eigenvalue weighted by molar-refractivity contribution is -0.126. The summed E-state index contributed by atoms with van der Waals surface area (Å²) < 4.78 is 0. The van der Waals surface area contributed by atoms with Crippen LogP contribution >= 0.6 is 11.8 Å². The number of hydrogen-bond acceptors (Lipinski definition) is 7. The van der Waals surface area contributed by atoms with Gasteiger partial charge in [-0.3, -0.25) is 4.79 Å². The lowest BCUT2D eigenvalue weighted by atomic mass is 10.2. The molecular formula is C16H21N7OS. The molecule has 25 heavy (non-hydrogen) atoms. The van der Waals surface area contributed by atoms with E-state index in [1.54, 1.807) is 18.1 Å². The van der Waals surface area contributed by atoms with Crippen LogP contribution in [0.2, 0.25) is 0 Å². The molecule has 1 saturated heterocycles. The van der Waals surface area contributed by atoms with Crippen LogP contribution in [0.3, 0.4) is 0 Å². The summed E-state index contributed by atoms with van der Waals surface area (Å²) in [5.41, 5.74) is 7.52. The number of aromatic nitrogens is 4. The molecule has 0 saturated carbocycles. The minimum atomic E-state index is 0.0713. The number of hydrogen-bond donors (Lipinski definition) is 2. The lowest BCUT2D eigenvalue weighted by Crippen LogP contribution is -2.41. The van der Waals surface area contributed by atoms with Crippen LogP contribution in [0.15, 0.2) is 23.8 Å². The highest BCUT2D eigenvalue weighted by atomic mass is 32.2. The second-order valence-corrected chi connectivity index (χ2v) is 7.48. The van der Waals surface area contributed by atoms with Crippen LogP contribution < -0.4 is 10.6 Å². The van der Waals surface area contributed by atoms with Crippen molar-refractivity contribution in [1.82, 2.24) is 24.8 Å². The number of amides is 1. The maximum absolute atomic E-state index is 12.9. The first-order valence-electron chi connectivity index (χ1n) is 8.52. The van der Waals surface area contributed by atoms with Crippen molar-refractivity contribution in [2.45, 2.75) is 25.3 Å². The Labute approximate surface area is 149 Å². The standard InChI is InChI=1S/C16H21N7OS/c17-11-3-1-2-4-23(7-11)16(24)12-8-22(5-6-25-12)15-13-14(19-9-18-13)20-10-21-15/h8-11H,1-7,17H2,(H,18,19,20,21)/t11-/m1/s1. The first-order chi connectivity index (χ1) is 12.2. The van der Waals surface area contributed by atoms with E-state index in [0.29, 0.717) is 12.2 Å². The van der Waals surface area contributed by atoms with Gasteiger partial charge in [0.05, 0.1) is 11.2 Å². The molecule has 2 aliphatic rings. The molecule has 0 spiro atoms. The molecular weight excluding hydrogens is 338 g/mol. The largest absolute Gasteiger partial charge is 0.340 e. The van der Waals surface area contributed by atoms with Crippen molar-refractivity contribution in [2.24, 2.45) is 5.73 Å². The van der Waals surface area contributed by atoms with Crippen molar-refractivity contribution in [3.8, 4) is 0 Å². The Morgan fingerprint density at radius 2 is 2.20 bits per heavy atom. The number of nitrogens with zero attached hydrogens (tertiary/aromatic N) is 5. The highest BCUT2D eigenvalue weighted by Crippen LogP contribution is 2.29. The molecule has 3 N–H and O–H groups in total. The smallest absolute Gasteiger partial charge is 0.261 e. The minimum Gasteiger partial charge on any atom is -0.340 e. The van der Waals surface area contributed by atoms with Gasteiger partial charge < -0.3 is 20.5 Å². The first-order valence-corrected chi connectivity index (χ1v) is 9.51. The molecule has 2 aliphatic heterocycles. The summed E-state index contributed by atoms with van der Waals surface area (Å²) in [6.45, 7) is 2.20. The summed E-state index contributed by atoms with van der Waals surface area (Å²) in [5.74, 6) is 1.65. The third-order valence-corrected chi connectivity index (χ3v) is 5.52. The van der Waals surface area contributed by atoms with E-state index in [2.05, 4.69) is 19.9 Å². The number of anilines is 1. The van der Waals surface area contributed by atoms with Crippen LogP contribution in [0.4, 0.5) is 5.82 Å². The summed E-state index contributed by atoms with van der Waals surface area (Å²) in [5, 5.41) is 0. The molecule has 1 amide bonds. The topological polar surface area (TPSA) is 104 Å². The molecule has 0 radical (unpaired) electrons. The van der Waals surface area contributed by atoms with Crippen molar-refractivity contribution in [2.75, 3.05) is 30.3 Å². The van der Waals surface area contributed by atoms with Crippen LogP contribution in [0.25, 0.3) is 11.2 Å². The molecule has 132 valence electrons. The van der Waals surface area contributed by atoms with Gasteiger partial charge in [0.25, 0.3) is 5.91 Å². The predicted molar refractivity (Wildman–Crippen MR) is 98.0 cm³/mol. The Morgan fingerprint density at radius 1 is 1.28 bits per heavy atom. The van der Waals surface area contributed by atoms with Gasteiger partial charge in [0, 0.05) is 37.6 Å². The van der Waals surface area contributed by atoms with E-state index in [9.17, 15) is 4.79 Å². The number of rotatable bonds is 2. The molecule has 9 heteroatoms. The van der Waals surface area contributed by atoms with E-state index in [1.807, 2.05) is 16.0 Å². The summed E-state index contributed by atoms with van der Waals surface area (Å²) >= 11 is 1.60. The average Bonchev–Trinajstić information content (AvgIpc) is 3.02. The summed E-state index contributed by atoms with van der Waals surface area (Å²) in [6.07, 6.45) is 8.10. The maximum Gasteiger partial charge on any atom is 0.261 e. The molecule has 1 atom stereocenters. The Morgan fingerprint density at radius 3 is 3.12 bits per heavy atom. The van der Waals surface area contributed by atoms with Crippen LogP contribution in [0, 0.1) is 0 Å². The summed E-state index contributed by atoms with van der Waals surface area (Å²) in [7, 11) is 0. The minimum absolute atomic E-state index is 0.0713. The van der Waals surface area contributed by atoms with Crippen LogP contribution in [-0.2, 0) is 4.79 Å². The summed E-state index contributed by atoms with van der Waals surface area (Å²) in [6, 6.07) is 0.0724. The quantitative estimate of drug-likeness (QED) is 0.827. The van der Waals surface area contributed by atoms with E-state index < -0.39 is 0 Å². The first kappa shape index (κ1) is 16.3. The van der Waals surface area contributed by atoms with Crippen molar-refractivity contribution in [1.29, 1.82) is 0 Å². The zero-order chi connectivity index (χ0) is 17.2. The van der Waals surface area contributed by atoms with Gasteiger partial charge >= 0.3 is 0 Å². The summed E-state index contributed by atoms with van der Waals surface area (Å²) in [4.78, 5) is 33.4. The molecule has 2 aromatic rings. The van der Waals surface area contributed by atoms with Gasteiger partial charge in [0.2, 0.25) is 0 Å². The Hall–Kier alpha value is -2.13. The Balaban J connectivity index is 1.60. The monoisotopic (exact) mass is 359 g/mol. The number of nitrogens with one attached hydrogen (secondary N) is 1. The fraction of sp³-hybridized carbons (Fsp3) is 0.500. The number of H-pyrrole nitrogens is 1. The second-order valence-electron chi connectivity index (χ2n) is 6.34. The molecule has 0 unspecified atom stereocenters. The number of carbonyl (C=O) groups excluding carboxylic acids is 1. The molecule has 4 rings (SSSR count). The number of fused-ring (bicyclic) bond motifs is 1. The van der Waals surface area contributed by atoms with Gasteiger partial charge in [-0.25, -0.2) is 15.0 Å². The second kappa shape index (κ2) is 7.01. The molecule has 0 aromatic carbocycles.